The van der Waals surface area contributed by atoms with Gasteiger partial charge in [0.05, 0.1) is 30.8 Å². The Morgan fingerprint density at radius 3 is 2.29 bits per heavy atom. The molecule has 9 heteroatoms. The summed E-state index contributed by atoms with van der Waals surface area (Å²) in [6.07, 6.45) is 0.606. The summed E-state index contributed by atoms with van der Waals surface area (Å²) in [5.74, 6) is -1.03. The number of amides is 1. The number of non-ortho nitro benzene ring substituents is 1. The van der Waals surface area contributed by atoms with Crippen molar-refractivity contribution in [3.05, 3.63) is 69.3 Å². The van der Waals surface area contributed by atoms with E-state index in [1.165, 1.54) is 43.4 Å². The normalized spacial score (nSPS) is 17.6. The van der Waals surface area contributed by atoms with Crippen molar-refractivity contribution < 1.29 is 29.1 Å². The summed E-state index contributed by atoms with van der Waals surface area (Å²) in [6.45, 7) is 2.18. The predicted molar refractivity (Wildman–Crippen MR) is 112 cm³/mol. The molecule has 2 aromatic carbocycles. The van der Waals surface area contributed by atoms with E-state index >= 15 is 0 Å². The largest absolute Gasteiger partial charge is 0.507 e. The van der Waals surface area contributed by atoms with Gasteiger partial charge in [0, 0.05) is 24.2 Å². The molecule has 1 amide bonds. The van der Waals surface area contributed by atoms with Crippen LogP contribution in [0.15, 0.2) is 48.0 Å². The number of methoxy groups -OCH3 is 2. The Morgan fingerprint density at radius 1 is 1.10 bits per heavy atom. The first-order chi connectivity index (χ1) is 14.8. The number of ether oxygens (including phenoxy) is 2. The lowest BCUT2D eigenvalue weighted by molar-refractivity contribution is -0.384. The molecule has 2 aromatic rings. The predicted octanol–water partition coefficient (Wildman–Crippen LogP) is 3.44. The van der Waals surface area contributed by atoms with Crippen LogP contribution < -0.4 is 9.47 Å². The second-order valence-corrected chi connectivity index (χ2v) is 6.91. The molecule has 0 bridgehead atoms. The zero-order valence-electron chi connectivity index (χ0n) is 17.3. The third-order valence-corrected chi connectivity index (χ3v) is 5.08. The number of carbonyl (C=O) groups excluding carboxylic acids is 2. The summed E-state index contributed by atoms with van der Waals surface area (Å²) in [7, 11) is 2.97. The number of hydrogen-bond acceptors (Lipinski definition) is 7. The van der Waals surface area contributed by atoms with Crippen LogP contribution in [0.4, 0.5) is 5.69 Å². The number of likely N-dealkylation sites (tertiary alicyclic amines) is 1. The Balaban J connectivity index is 2.18. The lowest BCUT2D eigenvalue weighted by atomic mass is 9.95. The average molecular weight is 426 g/mol. The van der Waals surface area contributed by atoms with Crippen molar-refractivity contribution in [3.63, 3.8) is 0 Å². The van der Waals surface area contributed by atoms with Crippen LogP contribution in [0.1, 0.15) is 30.5 Å². The maximum atomic E-state index is 12.9. The molecule has 1 atom stereocenters. The molecule has 0 saturated carbocycles. The minimum atomic E-state index is -0.838. The van der Waals surface area contributed by atoms with Crippen LogP contribution in [-0.4, -0.2) is 47.4 Å². The molecular weight excluding hydrogens is 404 g/mol. The molecule has 1 heterocycles. The van der Waals surface area contributed by atoms with Crippen LogP contribution >= 0.6 is 0 Å². The second kappa shape index (κ2) is 8.86. The van der Waals surface area contributed by atoms with E-state index < -0.39 is 28.4 Å². The first-order valence-electron chi connectivity index (χ1n) is 9.59. The fourth-order valence-electron chi connectivity index (χ4n) is 3.62. The number of benzene rings is 2. The van der Waals surface area contributed by atoms with Gasteiger partial charge in [0.15, 0.2) is 11.5 Å². The number of aliphatic hydroxyl groups excluding tert-OH is 1. The maximum Gasteiger partial charge on any atom is 0.295 e. The van der Waals surface area contributed by atoms with E-state index in [4.69, 9.17) is 9.47 Å². The maximum absolute atomic E-state index is 12.9. The van der Waals surface area contributed by atoms with Gasteiger partial charge in [-0.25, -0.2) is 0 Å². The second-order valence-electron chi connectivity index (χ2n) is 6.91. The van der Waals surface area contributed by atoms with Gasteiger partial charge in [-0.2, -0.15) is 0 Å². The molecule has 0 aromatic heterocycles. The van der Waals surface area contributed by atoms with Crippen molar-refractivity contribution in [2.45, 2.75) is 19.4 Å². The van der Waals surface area contributed by atoms with E-state index in [0.29, 0.717) is 30.0 Å². The van der Waals surface area contributed by atoms with Crippen LogP contribution in [0, 0.1) is 10.1 Å². The molecule has 1 saturated heterocycles. The molecule has 9 nitrogen and oxygen atoms in total. The SMILES string of the molecule is CCCN1C(=O)C(=O)/C(=C(\O)c2ccc([N+](=O)[O-])cc2)C1c1ccc(OC)c(OC)c1. The molecule has 1 aliphatic rings. The first-order valence-corrected chi connectivity index (χ1v) is 9.59. The first kappa shape index (κ1) is 21.8. The summed E-state index contributed by atoms with van der Waals surface area (Å²) >= 11 is 0. The number of ketones is 1. The zero-order chi connectivity index (χ0) is 22.7. The van der Waals surface area contributed by atoms with Crippen molar-refractivity contribution in [2.75, 3.05) is 20.8 Å². The van der Waals surface area contributed by atoms with Crippen LogP contribution in [0.2, 0.25) is 0 Å². The van der Waals surface area contributed by atoms with Gasteiger partial charge >= 0.3 is 0 Å². The molecule has 1 aliphatic heterocycles. The molecule has 0 spiro atoms. The van der Waals surface area contributed by atoms with E-state index in [9.17, 15) is 24.8 Å². The molecular formula is C22H22N2O7. The fraction of sp³-hybridized carbons (Fsp3) is 0.273. The highest BCUT2D eigenvalue weighted by Gasteiger charge is 2.45. The number of nitro groups is 1. The molecule has 3 rings (SSSR count). The third-order valence-electron chi connectivity index (χ3n) is 5.08. The molecule has 31 heavy (non-hydrogen) atoms. The van der Waals surface area contributed by atoms with Crippen molar-refractivity contribution >= 4 is 23.1 Å². The topological polar surface area (TPSA) is 119 Å². The number of hydrogen-bond donors (Lipinski definition) is 1. The highest BCUT2D eigenvalue weighted by molar-refractivity contribution is 6.46. The van der Waals surface area contributed by atoms with E-state index in [0.717, 1.165) is 0 Å². The van der Waals surface area contributed by atoms with Crippen molar-refractivity contribution in [1.29, 1.82) is 0 Å². The number of carbonyl (C=O) groups is 2. The smallest absolute Gasteiger partial charge is 0.295 e. The highest BCUT2D eigenvalue weighted by Crippen LogP contribution is 2.42. The van der Waals surface area contributed by atoms with E-state index in [2.05, 4.69) is 0 Å². The van der Waals surface area contributed by atoms with Crippen molar-refractivity contribution in [2.24, 2.45) is 0 Å². The minimum Gasteiger partial charge on any atom is -0.507 e. The molecule has 1 fully saturated rings. The summed E-state index contributed by atoms with van der Waals surface area (Å²) in [4.78, 5) is 37.3. The van der Waals surface area contributed by atoms with Gasteiger partial charge in [-0.05, 0) is 36.2 Å². The average Bonchev–Trinajstić information content (AvgIpc) is 3.03. The lowest BCUT2D eigenvalue weighted by Gasteiger charge is -2.25. The Kier molecular flexibility index (Phi) is 6.24. The highest BCUT2D eigenvalue weighted by atomic mass is 16.6. The van der Waals surface area contributed by atoms with Gasteiger partial charge in [-0.3, -0.25) is 19.7 Å². The van der Waals surface area contributed by atoms with Crippen molar-refractivity contribution in [3.8, 4) is 11.5 Å². The summed E-state index contributed by atoms with van der Waals surface area (Å²) in [6, 6.07) is 9.30. The quantitative estimate of drug-likeness (QED) is 0.237. The van der Waals surface area contributed by atoms with Crippen LogP contribution in [0.25, 0.3) is 5.76 Å². The number of rotatable bonds is 7. The summed E-state index contributed by atoms with van der Waals surface area (Å²) in [5.41, 5.74) is 0.526. The van der Waals surface area contributed by atoms with E-state index in [1.54, 1.807) is 18.2 Å². The lowest BCUT2D eigenvalue weighted by Crippen LogP contribution is -2.30. The van der Waals surface area contributed by atoms with Crippen LogP contribution in [0.3, 0.4) is 0 Å². The minimum absolute atomic E-state index is 0.0838. The molecule has 0 aliphatic carbocycles. The van der Waals surface area contributed by atoms with Gasteiger partial charge in [0.25, 0.3) is 17.4 Å². The van der Waals surface area contributed by atoms with E-state index in [1.807, 2.05) is 6.92 Å². The number of Topliss-reactive ketones (excluding diaryl/α,β-unsaturated/α-hetero) is 1. The Morgan fingerprint density at radius 2 is 1.74 bits per heavy atom. The molecule has 1 N–H and O–H groups in total. The zero-order valence-corrected chi connectivity index (χ0v) is 17.3. The molecule has 0 radical (unpaired) electrons. The monoisotopic (exact) mass is 426 g/mol. The molecule has 162 valence electrons. The third kappa shape index (κ3) is 3.94. The summed E-state index contributed by atoms with van der Waals surface area (Å²) in [5, 5.41) is 21.8. The molecule has 1 unspecified atom stereocenters. The Labute approximate surface area is 178 Å². The number of nitrogens with zero attached hydrogens (tertiary/aromatic N) is 2. The van der Waals surface area contributed by atoms with Crippen LogP contribution in [-0.2, 0) is 9.59 Å². The van der Waals surface area contributed by atoms with Crippen molar-refractivity contribution in [1.82, 2.24) is 4.90 Å². The Bertz CT molecular complexity index is 1060. The van der Waals surface area contributed by atoms with Crippen LogP contribution in [0.5, 0.6) is 11.5 Å². The fourth-order valence-corrected chi connectivity index (χ4v) is 3.62. The van der Waals surface area contributed by atoms with Gasteiger partial charge in [-0.15, -0.1) is 0 Å². The number of aliphatic hydroxyl groups is 1. The van der Waals surface area contributed by atoms with Gasteiger partial charge in [-0.1, -0.05) is 13.0 Å². The number of nitro benzene ring substituents is 1. The summed E-state index contributed by atoms with van der Waals surface area (Å²) < 4.78 is 10.6. The van der Waals surface area contributed by atoms with Gasteiger partial charge < -0.3 is 19.5 Å². The van der Waals surface area contributed by atoms with Gasteiger partial charge in [0.2, 0.25) is 0 Å². The Hall–Kier alpha value is -3.88. The van der Waals surface area contributed by atoms with Gasteiger partial charge in [0.1, 0.15) is 5.76 Å². The standard InChI is InChI=1S/C22H22N2O7/c1-4-11-23-19(14-7-10-16(30-2)17(12-14)31-3)18(21(26)22(23)27)20(25)13-5-8-15(9-6-13)24(28)29/h5-10,12,19,25H,4,11H2,1-3H3/b20-18-. The van der Waals surface area contributed by atoms with E-state index in [-0.39, 0.29) is 16.8 Å².